The first-order valence-corrected chi connectivity index (χ1v) is 8.08. The molecule has 0 fully saturated rings. The summed E-state index contributed by atoms with van der Waals surface area (Å²) in [6, 6.07) is 8.90. The average Bonchev–Trinajstić information content (AvgIpc) is 2.74. The molecule has 0 saturated carbocycles. The molecule has 0 amide bonds. The minimum Gasteiger partial charge on any atom is -0.329 e. The van der Waals surface area contributed by atoms with Crippen molar-refractivity contribution in [2.24, 2.45) is 0 Å². The molecule has 1 aliphatic heterocycles. The van der Waals surface area contributed by atoms with Crippen LogP contribution < -0.4 is 0 Å². The third-order valence-electron chi connectivity index (χ3n) is 4.32. The molecule has 1 aromatic heterocycles. The standard InChI is InChI=1S/C18H26N4/c1-15-4-6-16(7-5-15)13-21-9-8-18-19-12-17(14-20(2)3)22(18)11-10-21/h4-7,12H,8-11,13-14H2,1-3H3. The van der Waals surface area contributed by atoms with Gasteiger partial charge in [-0.1, -0.05) is 29.8 Å². The normalized spacial score (nSPS) is 15.8. The second-order valence-electron chi connectivity index (χ2n) is 6.57. The van der Waals surface area contributed by atoms with E-state index < -0.39 is 0 Å². The van der Waals surface area contributed by atoms with Crippen LogP contribution >= 0.6 is 0 Å². The van der Waals surface area contributed by atoms with Crippen LogP contribution in [0.25, 0.3) is 0 Å². The van der Waals surface area contributed by atoms with Crippen LogP contribution in [0.2, 0.25) is 0 Å². The van der Waals surface area contributed by atoms with E-state index in [9.17, 15) is 0 Å². The lowest BCUT2D eigenvalue weighted by Crippen LogP contribution is -2.26. The third kappa shape index (κ3) is 3.57. The van der Waals surface area contributed by atoms with Gasteiger partial charge < -0.3 is 9.47 Å². The van der Waals surface area contributed by atoms with E-state index in [1.165, 1.54) is 22.6 Å². The highest BCUT2D eigenvalue weighted by Gasteiger charge is 2.17. The fourth-order valence-electron chi connectivity index (χ4n) is 3.10. The summed E-state index contributed by atoms with van der Waals surface area (Å²) in [7, 11) is 4.22. The predicted octanol–water partition coefficient (Wildman–Crippen LogP) is 2.31. The van der Waals surface area contributed by atoms with Gasteiger partial charge in [-0.05, 0) is 26.6 Å². The number of benzene rings is 1. The number of hydrogen-bond acceptors (Lipinski definition) is 3. The van der Waals surface area contributed by atoms with Gasteiger partial charge in [0.15, 0.2) is 0 Å². The van der Waals surface area contributed by atoms with Gasteiger partial charge in [0.2, 0.25) is 0 Å². The highest BCUT2D eigenvalue weighted by Crippen LogP contribution is 2.15. The Balaban J connectivity index is 1.65. The van der Waals surface area contributed by atoms with Crippen LogP contribution in [-0.2, 0) is 26.1 Å². The zero-order valence-electron chi connectivity index (χ0n) is 13.9. The quantitative estimate of drug-likeness (QED) is 0.866. The number of fused-ring (bicyclic) bond motifs is 1. The summed E-state index contributed by atoms with van der Waals surface area (Å²) in [6.07, 6.45) is 3.09. The van der Waals surface area contributed by atoms with Crippen LogP contribution in [0, 0.1) is 6.92 Å². The predicted molar refractivity (Wildman–Crippen MR) is 89.8 cm³/mol. The van der Waals surface area contributed by atoms with E-state index in [0.717, 1.165) is 39.1 Å². The molecule has 0 bridgehead atoms. The van der Waals surface area contributed by atoms with Crippen molar-refractivity contribution >= 4 is 0 Å². The molecule has 0 N–H and O–H groups in total. The summed E-state index contributed by atoms with van der Waals surface area (Å²) in [5, 5.41) is 0. The van der Waals surface area contributed by atoms with Crippen LogP contribution in [0.1, 0.15) is 22.6 Å². The highest BCUT2D eigenvalue weighted by molar-refractivity contribution is 5.21. The Bertz CT molecular complexity index is 613. The van der Waals surface area contributed by atoms with Crippen molar-refractivity contribution in [2.45, 2.75) is 33.0 Å². The van der Waals surface area contributed by atoms with Crippen LogP contribution in [0.5, 0.6) is 0 Å². The van der Waals surface area contributed by atoms with Crippen LogP contribution in [0.15, 0.2) is 30.5 Å². The molecule has 2 aromatic rings. The molecule has 0 aliphatic carbocycles. The van der Waals surface area contributed by atoms with Gasteiger partial charge in [-0.2, -0.15) is 0 Å². The van der Waals surface area contributed by atoms with Gasteiger partial charge in [0, 0.05) is 45.3 Å². The second kappa shape index (κ2) is 6.63. The summed E-state index contributed by atoms with van der Waals surface area (Å²) < 4.78 is 2.41. The van der Waals surface area contributed by atoms with E-state index >= 15 is 0 Å². The fraction of sp³-hybridized carbons (Fsp3) is 0.500. The van der Waals surface area contributed by atoms with Gasteiger partial charge in [0.1, 0.15) is 5.82 Å². The van der Waals surface area contributed by atoms with Gasteiger partial charge in [-0.3, -0.25) is 4.90 Å². The molecule has 1 aromatic carbocycles. The molecule has 0 saturated heterocycles. The molecule has 4 heteroatoms. The number of aryl methyl sites for hydroxylation is 1. The summed E-state index contributed by atoms with van der Waals surface area (Å²) in [6.45, 7) is 7.37. The van der Waals surface area contributed by atoms with Gasteiger partial charge in [0.25, 0.3) is 0 Å². The topological polar surface area (TPSA) is 24.3 Å². The Morgan fingerprint density at radius 3 is 2.59 bits per heavy atom. The number of rotatable bonds is 4. The Hall–Kier alpha value is -1.65. The lowest BCUT2D eigenvalue weighted by molar-refractivity contribution is 0.269. The number of hydrogen-bond donors (Lipinski definition) is 0. The Morgan fingerprint density at radius 1 is 1.09 bits per heavy atom. The third-order valence-corrected chi connectivity index (χ3v) is 4.32. The number of imidazole rings is 1. The van der Waals surface area contributed by atoms with Crippen molar-refractivity contribution < 1.29 is 0 Å². The van der Waals surface area contributed by atoms with Crippen molar-refractivity contribution in [2.75, 3.05) is 27.2 Å². The van der Waals surface area contributed by atoms with E-state index in [2.05, 4.69) is 64.6 Å². The van der Waals surface area contributed by atoms with E-state index in [4.69, 9.17) is 0 Å². The first-order chi connectivity index (χ1) is 10.6. The van der Waals surface area contributed by atoms with Crippen molar-refractivity contribution in [3.05, 3.63) is 53.1 Å². The maximum absolute atomic E-state index is 4.63. The summed E-state index contributed by atoms with van der Waals surface area (Å²) in [4.78, 5) is 9.38. The van der Waals surface area contributed by atoms with Gasteiger partial charge in [-0.25, -0.2) is 4.98 Å². The maximum atomic E-state index is 4.63. The van der Waals surface area contributed by atoms with Crippen molar-refractivity contribution in [1.29, 1.82) is 0 Å². The summed E-state index contributed by atoms with van der Waals surface area (Å²) in [5.41, 5.74) is 4.06. The molecule has 0 radical (unpaired) electrons. The van der Waals surface area contributed by atoms with Gasteiger partial charge in [0.05, 0.1) is 5.69 Å². The zero-order valence-corrected chi connectivity index (χ0v) is 13.9. The molecule has 0 unspecified atom stereocenters. The second-order valence-corrected chi connectivity index (χ2v) is 6.57. The van der Waals surface area contributed by atoms with Crippen LogP contribution in [-0.4, -0.2) is 46.5 Å². The molecule has 0 spiro atoms. The molecule has 1 aliphatic rings. The van der Waals surface area contributed by atoms with Crippen molar-refractivity contribution in [3.8, 4) is 0 Å². The zero-order chi connectivity index (χ0) is 15.5. The van der Waals surface area contributed by atoms with E-state index in [1.54, 1.807) is 0 Å². The van der Waals surface area contributed by atoms with E-state index in [1.807, 2.05) is 6.20 Å². The summed E-state index contributed by atoms with van der Waals surface area (Å²) >= 11 is 0. The smallest absolute Gasteiger partial charge is 0.110 e. The van der Waals surface area contributed by atoms with Gasteiger partial charge in [-0.15, -0.1) is 0 Å². The molecule has 3 rings (SSSR count). The maximum Gasteiger partial charge on any atom is 0.110 e. The van der Waals surface area contributed by atoms with Crippen molar-refractivity contribution in [3.63, 3.8) is 0 Å². The van der Waals surface area contributed by atoms with E-state index in [-0.39, 0.29) is 0 Å². The SMILES string of the molecule is Cc1ccc(CN2CCc3ncc(CN(C)C)n3CC2)cc1. The minimum absolute atomic E-state index is 0.963. The molecule has 118 valence electrons. The van der Waals surface area contributed by atoms with Crippen LogP contribution in [0.4, 0.5) is 0 Å². The first kappa shape index (κ1) is 15.3. The molecular formula is C18H26N4. The van der Waals surface area contributed by atoms with Gasteiger partial charge >= 0.3 is 0 Å². The van der Waals surface area contributed by atoms with Crippen LogP contribution in [0.3, 0.4) is 0 Å². The number of aromatic nitrogens is 2. The highest BCUT2D eigenvalue weighted by atomic mass is 15.2. The van der Waals surface area contributed by atoms with E-state index in [0.29, 0.717) is 0 Å². The molecular weight excluding hydrogens is 272 g/mol. The summed E-state index contributed by atoms with van der Waals surface area (Å²) in [5.74, 6) is 1.24. The Morgan fingerprint density at radius 2 is 1.86 bits per heavy atom. The number of nitrogens with zero attached hydrogens (tertiary/aromatic N) is 4. The average molecular weight is 298 g/mol. The largest absolute Gasteiger partial charge is 0.329 e. The monoisotopic (exact) mass is 298 g/mol. The van der Waals surface area contributed by atoms with Crippen molar-refractivity contribution in [1.82, 2.24) is 19.4 Å². The Labute approximate surface area is 133 Å². The lowest BCUT2D eigenvalue weighted by atomic mass is 10.1. The lowest BCUT2D eigenvalue weighted by Gasteiger charge is -2.20. The molecule has 4 nitrogen and oxygen atoms in total. The molecule has 22 heavy (non-hydrogen) atoms. The Kier molecular flexibility index (Phi) is 4.60. The molecule has 0 atom stereocenters. The fourth-order valence-corrected chi connectivity index (χ4v) is 3.10. The first-order valence-electron chi connectivity index (χ1n) is 8.08. The minimum atomic E-state index is 0.963. The molecule has 2 heterocycles.